The zero-order chi connectivity index (χ0) is 17.8. The van der Waals surface area contributed by atoms with Gasteiger partial charge in [0.2, 0.25) is 0 Å². The van der Waals surface area contributed by atoms with Crippen molar-refractivity contribution < 1.29 is 18.3 Å². The van der Waals surface area contributed by atoms with E-state index < -0.39 is 12.5 Å². The molecule has 0 saturated carbocycles. The first-order valence-electron chi connectivity index (χ1n) is 8.02. The highest BCUT2D eigenvalue weighted by molar-refractivity contribution is 6.02. The minimum absolute atomic E-state index is 0. The van der Waals surface area contributed by atoms with Crippen molar-refractivity contribution >= 4 is 24.0 Å². The van der Waals surface area contributed by atoms with Crippen molar-refractivity contribution in [3.8, 4) is 5.75 Å². The van der Waals surface area contributed by atoms with Crippen LogP contribution < -0.4 is 15.4 Å². The monoisotopic (exact) mass is 387 g/mol. The number of hydrogen-bond donors (Lipinski definition) is 2. The van der Waals surface area contributed by atoms with Crippen molar-refractivity contribution in [3.05, 3.63) is 35.7 Å². The number of aromatic nitrogens is 3. The van der Waals surface area contributed by atoms with Crippen LogP contribution in [0.5, 0.6) is 5.75 Å². The molecule has 1 fully saturated rings. The van der Waals surface area contributed by atoms with Gasteiger partial charge in [-0.05, 0) is 44.5 Å². The fourth-order valence-electron chi connectivity index (χ4n) is 2.73. The van der Waals surface area contributed by atoms with Crippen LogP contribution in [-0.4, -0.2) is 40.6 Å². The van der Waals surface area contributed by atoms with Crippen LogP contribution in [0.25, 0.3) is 0 Å². The molecule has 1 amide bonds. The Kier molecular flexibility index (Phi) is 6.87. The first kappa shape index (κ1) is 20.1. The predicted molar refractivity (Wildman–Crippen MR) is 94.2 cm³/mol. The number of aryl methyl sites for hydroxylation is 1. The Morgan fingerprint density at radius 1 is 1.38 bits per heavy atom. The molecule has 7 nitrogen and oxygen atoms in total. The number of amides is 1. The van der Waals surface area contributed by atoms with Gasteiger partial charge in [0.15, 0.2) is 5.69 Å². The fraction of sp³-hybridized carbons (Fsp3) is 0.438. The summed E-state index contributed by atoms with van der Waals surface area (Å²) in [6.45, 7) is 0.535. The largest absolute Gasteiger partial charge is 0.434 e. The van der Waals surface area contributed by atoms with E-state index in [1.165, 1.54) is 6.07 Å². The summed E-state index contributed by atoms with van der Waals surface area (Å²) in [7, 11) is 0. The zero-order valence-electron chi connectivity index (χ0n) is 14.1. The summed E-state index contributed by atoms with van der Waals surface area (Å²) in [6, 6.07) is 4.79. The average molecular weight is 388 g/mol. The maximum Gasteiger partial charge on any atom is 0.387 e. The number of carbonyl (C=O) groups excluding carboxylic acids is 1. The maximum absolute atomic E-state index is 12.4. The number of nitrogens with zero attached hydrogens (tertiary/aromatic N) is 3. The lowest BCUT2D eigenvalue weighted by molar-refractivity contribution is -0.0502. The van der Waals surface area contributed by atoms with Crippen LogP contribution in [0, 0.1) is 6.92 Å². The predicted octanol–water partition coefficient (Wildman–Crippen LogP) is 2.79. The number of benzene rings is 1. The number of nitrogens with one attached hydrogen (secondary N) is 2. The molecule has 2 N–H and O–H groups in total. The third kappa shape index (κ3) is 4.89. The molecule has 142 valence electrons. The second-order valence-corrected chi connectivity index (χ2v) is 5.88. The Hall–Kier alpha value is -2.26. The molecular formula is C16H20ClF2N5O2. The number of carbonyl (C=O) groups is 1. The molecule has 1 aromatic heterocycles. The summed E-state index contributed by atoms with van der Waals surface area (Å²) in [5.41, 5.74) is 1.08. The molecule has 1 aliphatic heterocycles. The third-order valence-electron chi connectivity index (χ3n) is 4.09. The summed E-state index contributed by atoms with van der Waals surface area (Å²) in [4.78, 5) is 12.3. The number of anilines is 1. The van der Waals surface area contributed by atoms with Crippen molar-refractivity contribution in [1.82, 2.24) is 20.3 Å². The van der Waals surface area contributed by atoms with E-state index >= 15 is 0 Å². The lowest BCUT2D eigenvalue weighted by atomic mass is 10.1. The van der Waals surface area contributed by atoms with Crippen molar-refractivity contribution in [2.75, 3.05) is 18.4 Å². The fourth-order valence-corrected chi connectivity index (χ4v) is 2.73. The summed E-state index contributed by atoms with van der Waals surface area (Å²) < 4.78 is 30.9. The SMILES string of the molecule is Cc1ccc(NC(=O)c2cn(C3CCNCC3)nn2)cc1OC(F)F.Cl. The molecule has 0 bridgehead atoms. The van der Waals surface area contributed by atoms with Crippen molar-refractivity contribution in [2.24, 2.45) is 0 Å². The minimum Gasteiger partial charge on any atom is -0.434 e. The number of halogens is 3. The molecule has 0 aliphatic carbocycles. The van der Waals surface area contributed by atoms with E-state index in [4.69, 9.17) is 0 Å². The molecule has 10 heteroatoms. The van der Waals surface area contributed by atoms with Gasteiger partial charge >= 0.3 is 6.61 Å². The maximum atomic E-state index is 12.4. The Labute approximate surface area is 155 Å². The van der Waals surface area contributed by atoms with E-state index in [1.807, 2.05) is 0 Å². The smallest absolute Gasteiger partial charge is 0.387 e. The van der Waals surface area contributed by atoms with Crippen molar-refractivity contribution in [1.29, 1.82) is 0 Å². The molecule has 1 aromatic carbocycles. The van der Waals surface area contributed by atoms with Crippen LogP contribution in [0.2, 0.25) is 0 Å². The third-order valence-corrected chi connectivity index (χ3v) is 4.09. The van der Waals surface area contributed by atoms with Gasteiger partial charge in [0.1, 0.15) is 5.75 Å². The van der Waals surface area contributed by atoms with E-state index in [1.54, 1.807) is 29.9 Å². The number of piperidine rings is 1. The molecule has 0 spiro atoms. The molecule has 2 heterocycles. The molecule has 2 aromatic rings. The minimum atomic E-state index is -2.92. The Bertz CT molecular complexity index is 750. The summed E-state index contributed by atoms with van der Waals surface area (Å²) >= 11 is 0. The van der Waals surface area contributed by atoms with Crippen LogP contribution >= 0.6 is 12.4 Å². The summed E-state index contributed by atoms with van der Waals surface area (Å²) in [5, 5.41) is 13.8. The van der Waals surface area contributed by atoms with Gasteiger partial charge in [-0.15, -0.1) is 17.5 Å². The van der Waals surface area contributed by atoms with E-state index in [2.05, 4.69) is 25.7 Å². The van der Waals surface area contributed by atoms with Gasteiger partial charge in [0, 0.05) is 11.8 Å². The molecule has 0 atom stereocenters. The molecule has 0 unspecified atom stereocenters. The van der Waals surface area contributed by atoms with Crippen molar-refractivity contribution in [3.63, 3.8) is 0 Å². The number of rotatable bonds is 5. The van der Waals surface area contributed by atoms with Crippen LogP contribution in [0.4, 0.5) is 14.5 Å². The lowest BCUT2D eigenvalue weighted by Crippen LogP contribution is -2.29. The Morgan fingerprint density at radius 3 is 2.81 bits per heavy atom. The van der Waals surface area contributed by atoms with Gasteiger partial charge in [-0.3, -0.25) is 4.79 Å². The Balaban J connectivity index is 0.00000243. The molecule has 1 saturated heterocycles. The van der Waals surface area contributed by atoms with Crippen LogP contribution in [0.3, 0.4) is 0 Å². The molecule has 26 heavy (non-hydrogen) atoms. The first-order chi connectivity index (χ1) is 12.0. The standard InChI is InChI=1S/C16H19F2N5O2.ClH/c1-10-2-3-11(8-14(10)25-16(17)18)20-15(24)13-9-23(22-21-13)12-4-6-19-7-5-12;/h2-3,8-9,12,16,19H,4-7H2,1H3,(H,20,24);1H. The van der Waals surface area contributed by atoms with E-state index in [0.717, 1.165) is 25.9 Å². The van der Waals surface area contributed by atoms with Crippen LogP contribution in [0.15, 0.2) is 24.4 Å². The zero-order valence-corrected chi connectivity index (χ0v) is 14.9. The van der Waals surface area contributed by atoms with Crippen LogP contribution in [0.1, 0.15) is 34.9 Å². The first-order valence-corrected chi connectivity index (χ1v) is 8.02. The molecule has 1 aliphatic rings. The highest BCUT2D eigenvalue weighted by Crippen LogP contribution is 2.24. The van der Waals surface area contributed by atoms with Gasteiger partial charge < -0.3 is 15.4 Å². The summed E-state index contributed by atoms with van der Waals surface area (Å²) in [6.07, 6.45) is 3.46. The highest BCUT2D eigenvalue weighted by atomic mass is 35.5. The average Bonchev–Trinajstić information content (AvgIpc) is 3.08. The highest BCUT2D eigenvalue weighted by Gasteiger charge is 2.19. The number of hydrogen-bond acceptors (Lipinski definition) is 5. The summed E-state index contributed by atoms with van der Waals surface area (Å²) in [5.74, 6) is -0.432. The second kappa shape index (κ2) is 8.91. The van der Waals surface area contributed by atoms with Crippen LogP contribution in [-0.2, 0) is 0 Å². The van der Waals surface area contributed by atoms with E-state index in [0.29, 0.717) is 11.3 Å². The molecular weight excluding hydrogens is 368 g/mol. The van der Waals surface area contributed by atoms with Gasteiger partial charge in [-0.2, -0.15) is 8.78 Å². The Morgan fingerprint density at radius 2 is 2.12 bits per heavy atom. The number of alkyl halides is 2. The van der Waals surface area contributed by atoms with Gasteiger partial charge in [-0.1, -0.05) is 11.3 Å². The topological polar surface area (TPSA) is 81.1 Å². The van der Waals surface area contributed by atoms with E-state index in [9.17, 15) is 13.6 Å². The second-order valence-electron chi connectivity index (χ2n) is 5.88. The van der Waals surface area contributed by atoms with Gasteiger partial charge in [0.25, 0.3) is 5.91 Å². The normalized spacial score (nSPS) is 14.8. The van der Waals surface area contributed by atoms with Gasteiger partial charge in [0.05, 0.1) is 12.2 Å². The molecule has 3 rings (SSSR count). The van der Waals surface area contributed by atoms with Crippen molar-refractivity contribution in [2.45, 2.75) is 32.4 Å². The number of ether oxygens (including phenoxy) is 1. The van der Waals surface area contributed by atoms with Gasteiger partial charge in [-0.25, -0.2) is 4.68 Å². The quantitative estimate of drug-likeness (QED) is 0.824. The molecule has 0 radical (unpaired) electrons. The van der Waals surface area contributed by atoms with E-state index in [-0.39, 0.29) is 29.9 Å². The lowest BCUT2D eigenvalue weighted by Gasteiger charge is -2.22.